The summed E-state index contributed by atoms with van der Waals surface area (Å²) in [5.41, 5.74) is -0.465. The summed E-state index contributed by atoms with van der Waals surface area (Å²) >= 11 is 0. The summed E-state index contributed by atoms with van der Waals surface area (Å²) in [4.78, 5) is 23.8. The number of carbonyl (C=O) groups is 2. The highest BCUT2D eigenvalue weighted by Crippen LogP contribution is 2.47. The van der Waals surface area contributed by atoms with E-state index in [4.69, 9.17) is 9.47 Å². The van der Waals surface area contributed by atoms with E-state index in [-0.39, 0.29) is 18.0 Å². The van der Waals surface area contributed by atoms with E-state index in [9.17, 15) is 14.7 Å². The standard InChI is InChI=1S/C27H46O5/c1-8-10-11-12-13-15-24(30)31-25-21(9-2)18-22(19-23(29)20(3)4)32-27(25,7)26(5,6)16-14-17-28/h9,14,16-17,20,22-23,25,29H,8,10-13,15,18-19H2,1-7H3/b16-14+,21-9+/t22?,23-,25+,27-/m1/s1. The second-order valence-corrected chi connectivity index (χ2v) is 10.2. The minimum atomic E-state index is -0.883. The maximum Gasteiger partial charge on any atom is 0.306 e. The molecule has 1 heterocycles. The molecule has 184 valence electrons. The fraction of sp³-hybridized carbons (Fsp3) is 0.778. The summed E-state index contributed by atoms with van der Waals surface area (Å²) < 4.78 is 12.7. The molecule has 1 saturated heterocycles. The molecule has 0 saturated carbocycles. The molecule has 0 spiro atoms. The van der Waals surface area contributed by atoms with E-state index in [1.807, 2.05) is 53.7 Å². The highest BCUT2D eigenvalue weighted by Gasteiger charge is 2.54. The third-order valence-electron chi connectivity index (χ3n) is 6.96. The first kappa shape index (κ1) is 28.6. The molecule has 1 aliphatic heterocycles. The van der Waals surface area contributed by atoms with Crippen LogP contribution < -0.4 is 0 Å². The Morgan fingerprint density at radius 2 is 1.94 bits per heavy atom. The second kappa shape index (κ2) is 13.3. The summed E-state index contributed by atoms with van der Waals surface area (Å²) in [5.74, 6) is -0.0818. The molecule has 1 fully saturated rings. The van der Waals surface area contributed by atoms with Gasteiger partial charge in [-0.25, -0.2) is 0 Å². The van der Waals surface area contributed by atoms with Gasteiger partial charge in [-0.15, -0.1) is 0 Å². The Balaban J connectivity index is 3.13. The van der Waals surface area contributed by atoms with Gasteiger partial charge in [-0.2, -0.15) is 0 Å². The van der Waals surface area contributed by atoms with Crippen LogP contribution >= 0.6 is 0 Å². The van der Waals surface area contributed by atoms with Crippen LogP contribution in [0.5, 0.6) is 0 Å². The number of esters is 1. The number of ether oxygens (including phenoxy) is 2. The smallest absolute Gasteiger partial charge is 0.306 e. The van der Waals surface area contributed by atoms with Crippen molar-refractivity contribution in [2.24, 2.45) is 11.3 Å². The molecule has 0 aromatic carbocycles. The average molecular weight is 451 g/mol. The van der Waals surface area contributed by atoms with Crippen LogP contribution in [-0.4, -0.2) is 41.3 Å². The Hall–Kier alpha value is -1.46. The van der Waals surface area contributed by atoms with Gasteiger partial charge < -0.3 is 14.6 Å². The van der Waals surface area contributed by atoms with Crippen LogP contribution in [0.2, 0.25) is 0 Å². The Morgan fingerprint density at radius 3 is 2.50 bits per heavy atom. The normalized spacial score (nSPS) is 26.6. The lowest BCUT2D eigenvalue weighted by molar-refractivity contribution is -0.218. The van der Waals surface area contributed by atoms with Crippen LogP contribution in [0.4, 0.5) is 0 Å². The molecule has 4 atom stereocenters. The van der Waals surface area contributed by atoms with Crippen molar-refractivity contribution in [2.75, 3.05) is 0 Å². The Bertz CT molecular complexity index is 648. The van der Waals surface area contributed by atoms with Crippen LogP contribution in [0.25, 0.3) is 0 Å². The van der Waals surface area contributed by atoms with Gasteiger partial charge in [0.05, 0.1) is 12.2 Å². The second-order valence-electron chi connectivity index (χ2n) is 10.2. The summed E-state index contributed by atoms with van der Waals surface area (Å²) in [5, 5.41) is 10.5. The highest BCUT2D eigenvalue weighted by molar-refractivity contribution is 5.70. The van der Waals surface area contributed by atoms with Crippen LogP contribution in [0.15, 0.2) is 23.8 Å². The molecular formula is C27H46O5. The van der Waals surface area contributed by atoms with Gasteiger partial charge in [-0.3, -0.25) is 9.59 Å². The number of aliphatic hydroxyl groups is 1. The Morgan fingerprint density at radius 1 is 1.28 bits per heavy atom. The molecule has 1 aliphatic rings. The fourth-order valence-corrected chi connectivity index (χ4v) is 4.30. The zero-order chi connectivity index (χ0) is 24.4. The Labute approximate surface area is 195 Å². The maximum atomic E-state index is 12.8. The number of hydrogen-bond acceptors (Lipinski definition) is 5. The molecule has 1 unspecified atom stereocenters. The van der Waals surface area contributed by atoms with Crippen molar-refractivity contribution in [3.63, 3.8) is 0 Å². The summed E-state index contributed by atoms with van der Waals surface area (Å²) in [6, 6.07) is 0. The first-order valence-corrected chi connectivity index (χ1v) is 12.4. The van der Waals surface area contributed by atoms with E-state index >= 15 is 0 Å². The van der Waals surface area contributed by atoms with Crippen molar-refractivity contribution in [3.05, 3.63) is 23.8 Å². The molecule has 1 rings (SSSR count). The molecule has 5 heteroatoms. The van der Waals surface area contributed by atoms with Gasteiger partial charge in [0.2, 0.25) is 0 Å². The quantitative estimate of drug-likeness (QED) is 0.124. The van der Waals surface area contributed by atoms with Crippen LogP contribution in [0.1, 0.15) is 99.8 Å². The van der Waals surface area contributed by atoms with Crippen molar-refractivity contribution in [3.8, 4) is 0 Å². The fourth-order valence-electron chi connectivity index (χ4n) is 4.30. The van der Waals surface area contributed by atoms with Crippen molar-refractivity contribution >= 4 is 12.3 Å². The van der Waals surface area contributed by atoms with Crippen LogP contribution in [-0.2, 0) is 19.1 Å². The zero-order valence-corrected chi connectivity index (χ0v) is 21.4. The molecule has 32 heavy (non-hydrogen) atoms. The lowest BCUT2D eigenvalue weighted by Crippen LogP contribution is -2.60. The molecule has 0 bridgehead atoms. The van der Waals surface area contributed by atoms with E-state index in [0.29, 0.717) is 19.3 Å². The Kier molecular flexibility index (Phi) is 11.9. The SMILES string of the molecule is C/C=C1\CC(C[C@@H](O)C(C)C)O[C@@](C)(C(C)(C)/C=C/C=O)[C@H]1OC(=O)CCCCCCC. The third kappa shape index (κ3) is 7.84. The van der Waals surface area contributed by atoms with E-state index < -0.39 is 23.2 Å². The highest BCUT2D eigenvalue weighted by atomic mass is 16.6. The van der Waals surface area contributed by atoms with E-state index in [2.05, 4.69) is 6.92 Å². The minimum absolute atomic E-state index is 0.130. The van der Waals surface area contributed by atoms with Gasteiger partial charge >= 0.3 is 5.97 Å². The number of allylic oxidation sites excluding steroid dienone is 2. The van der Waals surface area contributed by atoms with E-state index in [0.717, 1.165) is 31.1 Å². The molecule has 0 aromatic rings. The average Bonchev–Trinajstić information content (AvgIpc) is 2.73. The number of hydrogen-bond donors (Lipinski definition) is 1. The van der Waals surface area contributed by atoms with Crippen molar-refractivity contribution in [1.29, 1.82) is 0 Å². The molecule has 0 amide bonds. The van der Waals surface area contributed by atoms with Gasteiger partial charge in [0, 0.05) is 18.3 Å². The summed E-state index contributed by atoms with van der Waals surface area (Å²) in [6.07, 6.45) is 11.7. The maximum absolute atomic E-state index is 12.8. The van der Waals surface area contributed by atoms with Crippen molar-refractivity contribution in [1.82, 2.24) is 0 Å². The van der Waals surface area contributed by atoms with Crippen molar-refractivity contribution < 1.29 is 24.2 Å². The third-order valence-corrected chi connectivity index (χ3v) is 6.96. The first-order chi connectivity index (χ1) is 15.0. The monoisotopic (exact) mass is 450 g/mol. The number of aldehydes is 1. The number of carbonyl (C=O) groups excluding carboxylic acids is 2. The van der Waals surface area contributed by atoms with E-state index in [1.54, 1.807) is 0 Å². The number of rotatable bonds is 13. The van der Waals surface area contributed by atoms with Gasteiger partial charge in [0.1, 0.15) is 11.9 Å². The zero-order valence-electron chi connectivity index (χ0n) is 21.4. The number of aliphatic hydroxyl groups excluding tert-OH is 1. The topological polar surface area (TPSA) is 72.8 Å². The minimum Gasteiger partial charge on any atom is -0.455 e. The largest absolute Gasteiger partial charge is 0.455 e. The molecule has 5 nitrogen and oxygen atoms in total. The van der Waals surface area contributed by atoms with Crippen LogP contribution in [0, 0.1) is 11.3 Å². The lowest BCUT2D eigenvalue weighted by Gasteiger charge is -2.52. The molecule has 0 aromatic heterocycles. The molecule has 0 radical (unpaired) electrons. The predicted molar refractivity (Wildman–Crippen MR) is 129 cm³/mol. The summed E-state index contributed by atoms with van der Waals surface area (Å²) in [6.45, 7) is 14.1. The van der Waals surface area contributed by atoms with Gasteiger partial charge in [0.25, 0.3) is 0 Å². The molecule has 0 aliphatic carbocycles. The van der Waals surface area contributed by atoms with E-state index in [1.165, 1.54) is 18.9 Å². The van der Waals surface area contributed by atoms with Gasteiger partial charge in [-0.05, 0) is 44.3 Å². The van der Waals surface area contributed by atoms with Gasteiger partial charge in [0.15, 0.2) is 6.10 Å². The summed E-state index contributed by atoms with van der Waals surface area (Å²) in [7, 11) is 0. The number of unbranched alkanes of at least 4 members (excludes halogenated alkanes) is 4. The molecule has 1 N–H and O–H groups in total. The van der Waals surface area contributed by atoms with Crippen LogP contribution in [0.3, 0.4) is 0 Å². The molecular weight excluding hydrogens is 404 g/mol. The van der Waals surface area contributed by atoms with Crippen molar-refractivity contribution in [2.45, 2.75) is 124 Å². The lowest BCUT2D eigenvalue weighted by atomic mass is 9.68. The predicted octanol–water partition coefficient (Wildman–Crippen LogP) is 5.94. The van der Waals surface area contributed by atoms with Gasteiger partial charge in [-0.1, -0.05) is 72.5 Å². The first-order valence-electron chi connectivity index (χ1n) is 12.4.